The molecule has 0 spiro atoms. The van der Waals surface area contributed by atoms with E-state index < -0.39 is 18.0 Å². The highest BCUT2D eigenvalue weighted by Crippen LogP contribution is 2.10. The minimum atomic E-state index is -1.65. The summed E-state index contributed by atoms with van der Waals surface area (Å²) in [6.45, 7) is 1.69. The second kappa shape index (κ2) is 5.69. The Morgan fingerprint density at radius 1 is 1.44 bits per heavy atom. The van der Waals surface area contributed by atoms with Crippen molar-refractivity contribution >= 4 is 11.9 Å². The SMILES string of the molecule is CCOC(=O)C(Oc1ccncc1)C(=O)O. The van der Waals surface area contributed by atoms with Crippen molar-refractivity contribution in [2.45, 2.75) is 13.0 Å². The van der Waals surface area contributed by atoms with E-state index in [-0.39, 0.29) is 12.4 Å². The molecule has 1 N–H and O–H groups in total. The van der Waals surface area contributed by atoms with Crippen molar-refractivity contribution in [3.63, 3.8) is 0 Å². The van der Waals surface area contributed by atoms with Crippen LogP contribution in [-0.4, -0.2) is 34.7 Å². The summed E-state index contributed by atoms with van der Waals surface area (Å²) in [4.78, 5) is 25.8. The summed E-state index contributed by atoms with van der Waals surface area (Å²) in [5.74, 6) is -2.07. The molecule has 16 heavy (non-hydrogen) atoms. The standard InChI is InChI=1S/C10H11NO5/c1-2-15-10(14)8(9(12)13)16-7-3-5-11-6-4-7/h3-6,8H,2H2,1H3,(H,12,13). The second-order valence-corrected chi connectivity index (χ2v) is 2.77. The average Bonchev–Trinajstić information content (AvgIpc) is 2.27. The molecule has 1 heterocycles. The van der Waals surface area contributed by atoms with E-state index in [4.69, 9.17) is 9.84 Å². The Morgan fingerprint density at radius 3 is 2.56 bits per heavy atom. The number of aromatic nitrogens is 1. The van der Waals surface area contributed by atoms with Crippen LogP contribution in [0.3, 0.4) is 0 Å². The van der Waals surface area contributed by atoms with Crippen molar-refractivity contribution in [2.75, 3.05) is 6.61 Å². The van der Waals surface area contributed by atoms with Crippen LogP contribution in [0.2, 0.25) is 0 Å². The third-order valence-corrected chi connectivity index (χ3v) is 1.63. The molecule has 1 aromatic rings. The average molecular weight is 225 g/mol. The fourth-order valence-corrected chi connectivity index (χ4v) is 0.970. The molecule has 0 amide bonds. The van der Waals surface area contributed by atoms with E-state index in [1.807, 2.05) is 0 Å². The molecule has 0 saturated heterocycles. The molecule has 0 bridgehead atoms. The van der Waals surface area contributed by atoms with Crippen molar-refractivity contribution in [3.05, 3.63) is 24.5 Å². The third kappa shape index (κ3) is 3.23. The minimum Gasteiger partial charge on any atom is -0.478 e. The zero-order chi connectivity index (χ0) is 12.0. The minimum absolute atomic E-state index is 0.0995. The lowest BCUT2D eigenvalue weighted by molar-refractivity contribution is -0.162. The maximum absolute atomic E-state index is 11.2. The van der Waals surface area contributed by atoms with Crippen molar-refractivity contribution in [1.82, 2.24) is 4.98 Å². The molecule has 0 aliphatic carbocycles. The highest BCUT2D eigenvalue weighted by molar-refractivity contribution is 5.97. The van der Waals surface area contributed by atoms with Gasteiger partial charge in [-0.25, -0.2) is 9.59 Å². The van der Waals surface area contributed by atoms with Gasteiger partial charge < -0.3 is 14.6 Å². The quantitative estimate of drug-likeness (QED) is 0.579. The van der Waals surface area contributed by atoms with Gasteiger partial charge in [0, 0.05) is 12.4 Å². The number of rotatable bonds is 5. The Hall–Kier alpha value is -2.11. The van der Waals surface area contributed by atoms with Gasteiger partial charge in [0.15, 0.2) is 0 Å². The predicted molar refractivity (Wildman–Crippen MR) is 52.9 cm³/mol. The Morgan fingerprint density at radius 2 is 2.06 bits per heavy atom. The Kier molecular flexibility index (Phi) is 4.26. The first-order valence-electron chi connectivity index (χ1n) is 4.61. The van der Waals surface area contributed by atoms with Gasteiger partial charge in [-0.05, 0) is 19.1 Å². The van der Waals surface area contributed by atoms with Gasteiger partial charge in [-0.1, -0.05) is 0 Å². The van der Waals surface area contributed by atoms with E-state index in [2.05, 4.69) is 9.72 Å². The number of pyridine rings is 1. The number of aliphatic carboxylic acids is 1. The molecular weight excluding hydrogens is 214 g/mol. The van der Waals surface area contributed by atoms with E-state index in [9.17, 15) is 9.59 Å². The smallest absolute Gasteiger partial charge is 0.359 e. The van der Waals surface area contributed by atoms with Crippen LogP contribution < -0.4 is 4.74 Å². The van der Waals surface area contributed by atoms with E-state index in [0.29, 0.717) is 0 Å². The Bertz CT molecular complexity index is 365. The molecule has 0 fully saturated rings. The number of carbonyl (C=O) groups is 2. The van der Waals surface area contributed by atoms with E-state index in [1.54, 1.807) is 6.92 Å². The molecule has 0 aliphatic heterocycles. The van der Waals surface area contributed by atoms with Crippen LogP contribution in [0.15, 0.2) is 24.5 Å². The summed E-state index contributed by atoms with van der Waals surface area (Å²) in [6, 6.07) is 2.91. The van der Waals surface area contributed by atoms with Gasteiger partial charge in [0.25, 0.3) is 6.10 Å². The normalized spacial score (nSPS) is 11.6. The highest BCUT2D eigenvalue weighted by Gasteiger charge is 2.29. The number of carboxylic acids is 1. The summed E-state index contributed by atoms with van der Waals surface area (Å²) >= 11 is 0. The van der Waals surface area contributed by atoms with Crippen LogP contribution in [-0.2, 0) is 14.3 Å². The fraction of sp³-hybridized carbons (Fsp3) is 0.300. The first-order valence-corrected chi connectivity index (χ1v) is 4.61. The van der Waals surface area contributed by atoms with E-state index >= 15 is 0 Å². The van der Waals surface area contributed by atoms with Crippen molar-refractivity contribution in [1.29, 1.82) is 0 Å². The van der Waals surface area contributed by atoms with Gasteiger partial charge in [0.05, 0.1) is 6.61 Å². The van der Waals surface area contributed by atoms with Gasteiger partial charge in [0.2, 0.25) is 0 Å². The number of ether oxygens (including phenoxy) is 2. The molecule has 0 radical (unpaired) electrons. The van der Waals surface area contributed by atoms with Gasteiger partial charge >= 0.3 is 11.9 Å². The molecule has 0 aromatic carbocycles. The summed E-state index contributed by atoms with van der Waals surface area (Å²) in [7, 11) is 0. The van der Waals surface area contributed by atoms with E-state index in [0.717, 1.165) is 0 Å². The molecule has 86 valence electrons. The number of hydrogen-bond donors (Lipinski definition) is 1. The van der Waals surface area contributed by atoms with Gasteiger partial charge in [-0.2, -0.15) is 0 Å². The molecule has 0 saturated carbocycles. The van der Waals surface area contributed by atoms with Crippen LogP contribution in [0.4, 0.5) is 0 Å². The highest BCUT2D eigenvalue weighted by atomic mass is 16.6. The molecular formula is C10H11NO5. The van der Waals surface area contributed by atoms with Crippen LogP contribution in [0.5, 0.6) is 5.75 Å². The van der Waals surface area contributed by atoms with Gasteiger partial charge in [-0.3, -0.25) is 4.98 Å². The second-order valence-electron chi connectivity index (χ2n) is 2.77. The third-order valence-electron chi connectivity index (χ3n) is 1.63. The van der Waals surface area contributed by atoms with Crippen LogP contribution in [0.25, 0.3) is 0 Å². The van der Waals surface area contributed by atoms with Gasteiger partial charge in [-0.15, -0.1) is 0 Å². The topological polar surface area (TPSA) is 85.7 Å². The van der Waals surface area contributed by atoms with Crippen LogP contribution >= 0.6 is 0 Å². The summed E-state index contributed by atoms with van der Waals surface area (Å²) in [5, 5.41) is 8.79. The molecule has 6 heteroatoms. The zero-order valence-electron chi connectivity index (χ0n) is 8.62. The molecule has 6 nitrogen and oxygen atoms in total. The monoisotopic (exact) mass is 225 g/mol. The fourth-order valence-electron chi connectivity index (χ4n) is 0.970. The number of nitrogens with zero attached hydrogens (tertiary/aromatic N) is 1. The molecule has 1 atom stereocenters. The zero-order valence-corrected chi connectivity index (χ0v) is 8.62. The number of esters is 1. The van der Waals surface area contributed by atoms with Gasteiger partial charge in [0.1, 0.15) is 5.75 Å². The maximum Gasteiger partial charge on any atom is 0.359 e. The van der Waals surface area contributed by atoms with Crippen LogP contribution in [0.1, 0.15) is 6.92 Å². The molecule has 1 aromatic heterocycles. The molecule has 1 rings (SSSR count). The lowest BCUT2D eigenvalue weighted by Crippen LogP contribution is -2.37. The van der Waals surface area contributed by atoms with Crippen molar-refractivity contribution in [3.8, 4) is 5.75 Å². The Labute approximate surface area is 91.8 Å². The van der Waals surface area contributed by atoms with Crippen LogP contribution in [0, 0.1) is 0 Å². The summed E-state index contributed by atoms with van der Waals surface area (Å²) < 4.78 is 9.55. The largest absolute Gasteiger partial charge is 0.478 e. The lowest BCUT2D eigenvalue weighted by Gasteiger charge is -2.13. The summed E-state index contributed by atoms with van der Waals surface area (Å²) in [5.41, 5.74) is 0. The Balaban J connectivity index is 2.73. The number of hydrogen-bond acceptors (Lipinski definition) is 5. The summed E-state index contributed by atoms with van der Waals surface area (Å²) in [6.07, 6.45) is 1.21. The number of carbonyl (C=O) groups excluding carboxylic acids is 1. The predicted octanol–water partition coefficient (Wildman–Crippen LogP) is 0.477. The lowest BCUT2D eigenvalue weighted by atomic mass is 10.3. The van der Waals surface area contributed by atoms with E-state index in [1.165, 1.54) is 24.5 Å². The molecule has 0 aliphatic rings. The first kappa shape index (κ1) is 12.0. The van der Waals surface area contributed by atoms with Crippen molar-refractivity contribution < 1.29 is 24.2 Å². The van der Waals surface area contributed by atoms with Crippen molar-refractivity contribution in [2.24, 2.45) is 0 Å². The maximum atomic E-state index is 11.2. The number of carboxylic acid groups (broad SMARTS) is 1. The molecule has 1 unspecified atom stereocenters. The first-order chi connectivity index (χ1) is 7.65.